The van der Waals surface area contributed by atoms with E-state index in [2.05, 4.69) is 5.32 Å². The van der Waals surface area contributed by atoms with Crippen LogP contribution in [0.4, 0.5) is 0 Å². The number of nitrogens with one attached hydrogen (secondary N) is 1. The predicted molar refractivity (Wildman–Crippen MR) is 126 cm³/mol. The second-order valence-electron chi connectivity index (χ2n) is 8.80. The van der Waals surface area contributed by atoms with Gasteiger partial charge in [-0.05, 0) is 68.5 Å². The maximum Gasteiger partial charge on any atom is 0.225 e. The molecule has 1 amide bonds. The molecule has 2 aliphatic rings. The van der Waals surface area contributed by atoms with E-state index >= 15 is 0 Å². The molecule has 0 spiro atoms. The van der Waals surface area contributed by atoms with Gasteiger partial charge in [-0.25, -0.2) is 0 Å². The van der Waals surface area contributed by atoms with E-state index in [1.165, 1.54) is 0 Å². The lowest BCUT2D eigenvalue weighted by molar-refractivity contribution is -0.122. The number of amides is 1. The van der Waals surface area contributed by atoms with Crippen LogP contribution in [-0.4, -0.2) is 31.5 Å². The summed E-state index contributed by atoms with van der Waals surface area (Å²) in [6, 6.07) is 13.6. The SMILES string of the molecule is CCOc1ccc(C2CC(=O)C3=C(C2)NC(=O)CC3c2ccc(OC(C)C)c(OC)c2)cc1. The quantitative estimate of drug-likeness (QED) is 0.652. The summed E-state index contributed by atoms with van der Waals surface area (Å²) in [6.45, 7) is 6.47. The fourth-order valence-electron chi connectivity index (χ4n) is 4.74. The summed E-state index contributed by atoms with van der Waals surface area (Å²) < 4.78 is 16.9. The standard InChI is InChI=1S/C27H31NO5/c1-5-32-20-9-6-17(7-10-20)19-12-22-27(23(29)13-19)21(15-26(30)28-22)18-8-11-24(33-16(2)3)25(14-18)31-4/h6-11,14,16,19,21H,5,12-13,15H2,1-4H3,(H,28,30). The molecule has 0 aromatic heterocycles. The van der Waals surface area contributed by atoms with Crippen LogP contribution in [0.5, 0.6) is 17.2 Å². The van der Waals surface area contributed by atoms with Crippen molar-refractivity contribution < 1.29 is 23.8 Å². The lowest BCUT2D eigenvalue weighted by Gasteiger charge is -2.34. The zero-order valence-corrected chi connectivity index (χ0v) is 19.6. The van der Waals surface area contributed by atoms with Gasteiger partial charge in [0, 0.05) is 30.0 Å². The highest BCUT2D eigenvalue weighted by Crippen LogP contribution is 2.44. The van der Waals surface area contributed by atoms with E-state index in [1.54, 1.807) is 7.11 Å². The molecule has 2 aromatic rings. The summed E-state index contributed by atoms with van der Waals surface area (Å²) in [5.41, 5.74) is 3.42. The van der Waals surface area contributed by atoms with E-state index in [0.717, 1.165) is 28.1 Å². The summed E-state index contributed by atoms with van der Waals surface area (Å²) in [5, 5.41) is 2.99. The van der Waals surface area contributed by atoms with Crippen molar-refractivity contribution >= 4 is 11.7 Å². The Hall–Kier alpha value is -3.28. The van der Waals surface area contributed by atoms with Gasteiger partial charge in [0.1, 0.15) is 5.75 Å². The molecule has 0 bridgehead atoms. The molecule has 6 heteroatoms. The van der Waals surface area contributed by atoms with Crippen LogP contribution in [0.2, 0.25) is 0 Å². The number of hydrogen-bond donors (Lipinski definition) is 1. The predicted octanol–water partition coefficient (Wildman–Crippen LogP) is 4.89. The zero-order valence-electron chi connectivity index (χ0n) is 19.6. The Kier molecular flexibility index (Phi) is 6.72. The number of carbonyl (C=O) groups excluding carboxylic acids is 2. The van der Waals surface area contributed by atoms with Gasteiger partial charge < -0.3 is 19.5 Å². The first-order valence-electron chi connectivity index (χ1n) is 11.5. The molecule has 1 heterocycles. The number of ketones is 1. The van der Waals surface area contributed by atoms with Crippen LogP contribution in [-0.2, 0) is 9.59 Å². The molecule has 33 heavy (non-hydrogen) atoms. The highest BCUT2D eigenvalue weighted by atomic mass is 16.5. The van der Waals surface area contributed by atoms with E-state index < -0.39 is 0 Å². The van der Waals surface area contributed by atoms with Gasteiger partial charge in [-0.2, -0.15) is 0 Å². The Bertz CT molecular complexity index is 1070. The minimum Gasteiger partial charge on any atom is -0.494 e. The van der Waals surface area contributed by atoms with Gasteiger partial charge in [-0.15, -0.1) is 0 Å². The molecule has 0 saturated carbocycles. The second kappa shape index (κ2) is 9.69. The van der Waals surface area contributed by atoms with Gasteiger partial charge in [0.25, 0.3) is 0 Å². The third kappa shape index (κ3) is 4.90. The molecule has 2 atom stereocenters. The molecule has 2 unspecified atom stereocenters. The molecule has 2 aromatic carbocycles. The maximum absolute atomic E-state index is 13.3. The minimum atomic E-state index is -0.287. The number of hydrogen-bond acceptors (Lipinski definition) is 5. The van der Waals surface area contributed by atoms with Crippen molar-refractivity contribution in [2.24, 2.45) is 0 Å². The summed E-state index contributed by atoms with van der Waals surface area (Å²) in [5.74, 6) is 1.82. The number of benzene rings is 2. The van der Waals surface area contributed by atoms with E-state index in [4.69, 9.17) is 14.2 Å². The van der Waals surface area contributed by atoms with Crippen molar-refractivity contribution in [1.82, 2.24) is 5.32 Å². The summed E-state index contributed by atoms with van der Waals surface area (Å²) in [7, 11) is 1.59. The third-order valence-electron chi connectivity index (χ3n) is 6.15. The van der Waals surface area contributed by atoms with E-state index in [0.29, 0.717) is 30.9 Å². The molecule has 174 valence electrons. The first-order chi connectivity index (χ1) is 15.9. The van der Waals surface area contributed by atoms with Crippen molar-refractivity contribution in [1.29, 1.82) is 0 Å². The minimum absolute atomic E-state index is 0.0129. The van der Waals surface area contributed by atoms with Crippen LogP contribution >= 0.6 is 0 Å². The lowest BCUT2D eigenvalue weighted by Crippen LogP contribution is -2.38. The first-order valence-corrected chi connectivity index (χ1v) is 11.5. The fourth-order valence-corrected chi connectivity index (χ4v) is 4.74. The van der Waals surface area contributed by atoms with E-state index in [-0.39, 0.29) is 36.1 Å². The Morgan fingerprint density at radius 3 is 2.36 bits per heavy atom. The summed E-state index contributed by atoms with van der Waals surface area (Å²) in [6.07, 6.45) is 1.30. The molecule has 0 radical (unpaired) electrons. The average molecular weight is 450 g/mol. The molecular formula is C27H31NO5. The molecule has 0 saturated heterocycles. The number of allylic oxidation sites excluding steroid dienone is 2. The zero-order chi connectivity index (χ0) is 23.5. The molecule has 1 aliphatic heterocycles. The molecule has 0 fully saturated rings. The van der Waals surface area contributed by atoms with E-state index in [1.807, 2.05) is 63.2 Å². The Balaban J connectivity index is 1.64. The average Bonchev–Trinajstić information content (AvgIpc) is 2.79. The van der Waals surface area contributed by atoms with Crippen molar-refractivity contribution in [3.63, 3.8) is 0 Å². The molecule has 1 N–H and O–H groups in total. The largest absolute Gasteiger partial charge is 0.494 e. The Labute approximate surface area is 194 Å². The normalized spacial score (nSPS) is 20.4. The Morgan fingerprint density at radius 2 is 1.70 bits per heavy atom. The van der Waals surface area contributed by atoms with Crippen LogP contribution in [0, 0.1) is 0 Å². The van der Waals surface area contributed by atoms with Crippen molar-refractivity contribution in [3.8, 4) is 17.2 Å². The molecule has 6 nitrogen and oxygen atoms in total. The fraction of sp³-hybridized carbons (Fsp3) is 0.407. The third-order valence-corrected chi connectivity index (χ3v) is 6.15. The molecule has 1 aliphatic carbocycles. The summed E-state index contributed by atoms with van der Waals surface area (Å²) >= 11 is 0. The number of methoxy groups -OCH3 is 1. The van der Waals surface area contributed by atoms with Crippen molar-refractivity contribution in [2.75, 3.05) is 13.7 Å². The van der Waals surface area contributed by atoms with Crippen LogP contribution in [0.25, 0.3) is 0 Å². The van der Waals surface area contributed by atoms with Crippen LogP contribution in [0.1, 0.15) is 63.0 Å². The first kappa shape index (κ1) is 22.9. The molecule has 4 rings (SSSR count). The van der Waals surface area contributed by atoms with Crippen LogP contribution in [0.3, 0.4) is 0 Å². The van der Waals surface area contributed by atoms with Crippen molar-refractivity contribution in [3.05, 3.63) is 64.9 Å². The summed E-state index contributed by atoms with van der Waals surface area (Å²) in [4.78, 5) is 26.0. The number of carbonyl (C=O) groups is 2. The molecular weight excluding hydrogens is 418 g/mol. The monoisotopic (exact) mass is 449 g/mol. The van der Waals surface area contributed by atoms with Crippen LogP contribution < -0.4 is 19.5 Å². The van der Waals surface area contributed by atoms with Gasteiger partial charge in [0.15, 0.2) is 17.3 Å². The highest BCUT2D eigenvalue weighted by molar-refractivity contribution is 6.02. The number of ether oxygens (including phenoxy) is 3. The topological polar surface area (TPSA) is 73.9 Å². The number of Topliss-reactive ketones (excluding diaryl/α,β-unsaturated/α-hetero) is 1. The van der Waals surface area contributed by atoms with E-state index in [9.17, 15) is 9.59 Å². The van der Waals surface area contributed by atoms with Crippen molar-refractivity contribution in [2.45, 2.75) is 58.0 Å². The highest BCUT2D eigenvalue weighted by Gasteiger charge is 2.38. The van der Waals surface area contributed by atoms with Gasteiger partial charge in [0.2, 0.25) is 5.91 Å². The van der Waals surface area contributed by atoms with Gasteiger partial charge in [0.05, 0.1) is 19.8 Å². The lowest BCUT2D eigenvalue weighted by atomic mass is 9.73. The second-order valence-corrected chi connectivity index (χ2v) is 8.80. The van der Waals surface area contributed by atoms with Crippen LogP contribution in [0.15, 0.2) is 53.7 Å². The smallest absolute Gasteiger partial charge is 0.225 e. The maximum atomic E-state index is 13.3. The van der Waals surface area contributed by atoms with Gasteiger partial charge in [-0.1, -0.05) is 18.2 Å². The van der Waals surface area contributed by atoms with Gasteiger partial charge in [-0.3, -0.25) is 9.59 Å². The number of rotatable bonds is 7. The van der Waals surface area contributed by atoms with Gasteiger partial charge >= 0.3 is 0 Å². The Morgan fingerprint density at radius 1 is 0.970 bits per heavy atom.